The van der Waals surface area contributed by atoms with E-state index in [-0.39, 0.29) is 5.91 Å². The number of ether oxygens (including phenoxy) is 1. The van der Waals surface area contributed by atoms with Gasteiger partial charge in [-0.15, -0.1) is 0 Å². The largest absolute Gasteiger partial charge is 0.497 e. The van der Waals surface area contributed by atoms with Crippen LogP contribution >= 0.6 is 38.9 Å². The lowest BCUT2D eigenvalue weighted by Gasteiger charge is -2.06. The molecule has 6 nitrogen and oxygen atoms in total. The summed E-state index contributed by atoms with van der Waals surface area (Å²) in [5, 5.41) is 9.00. The number of thiazole rings is 1. The molecule has 0 spiro atoms. The Kier molecular flexibility index (Phi) is 7.39. The molecular formula is C24H18BrClN4O2S. The summed E-state index contributed by atoms with van der Waals surface area (Å²) >= 11 is 10.7. The van der Waals surface area contributed by atoms with Crippen molar-refractivity contribution in [3.05, 3.63) is 93.4 Å². The zero-order valence-corrected chi connectivity index (χ0v) is 20.5. The van der Waals surface area contributed by atoms with Crippen molar-refractivity contribution in [1.29, 1.82) is 0 Å². The maximum Gasteiger partial charge on any atom is 0.256 e. The summed E-state index contributed by atoms with van der Waals surface area (Å²) in [4.78, 5) is 17.4. The first-order valence-corrected chi connectivity index (χ1v) is 11.8. The normalized spacial score (nSPS) is 10.9. The highest BCUT2D eigenvalue weighted by Gasteiger charge is 2.16. The molecule has 0 aliphatic heterocycles. The van der Waals surface area contributed by atoms with E-state index in [2.05, 4.69) is 36.8 Å². The average molecular weight is 542 g/mol. The molecule has 0 radical (unpaired) electrons. The standard InChI is InChI=1S/C24H18BrClN4O2S/c1-32-20-12-2-15(3-13-20)14-27-30-24-28-21(16-6-10-19(26)11-7-16)23(33-24)29-22(31)17-4-8-18(25)9-5-17/h2-14H,1H3,(H,28,30)(H,29,31). The smallest absolute Gasteiger partial charge is 0.256 e. The number of halogens is 2. The first-order valence-electron chi connectivity index (χ1n) is 9.78. The summed E-state index contributed by atoms with van der Waals surface area (Å²) in [5.74, 6) is 0.549. The number of benzene rings is 3. The number of anilines is 2. The minimum Gasteiger partial charge on any atom is -0.497 e. The van der Waals surface area contributed by atoms with Crippen LogP contribution in [0.3, 0.4) is 0 Å². The van der Waals surface area contributed by atoms with E-state index in [4.69, 9.17) is 16.3 Å². The van der Waals surface area contributed by atoms with Gasteiger partial charge in [0.15, 0.2) is 0 Å². The third-order valence-electron chi connectivity index (χ3n) is 4.57. The minimum atomic E-state index is -0.227. The lowest BCUT2D eigenvalue weighted by Crippen LogP contribution is -2.11. The monoisotopic (exact) mass is 540 g/mol. The fourth-order valence-electron chi connectivity index (χ4n) is 2.88. The first-order chi connectivity index (χ1) is 16.0. The molecule has 1 amide bonds. The van der Waals surface area contributed by atoms with E-state index in [9.17, 15) is 4.79 Å². The van der Waals surface area contributed by atoms with Gasteiger partial charge in [0.1, 0.15) is 16.4 Å². The third-order valence-corrected chi connectivity index (χ3v) is 6.22. The summed E-state index contributed by atoms with van der Waals surface area (Å²) in [6.07, 6.45) is 1.68. The van der Waals surface area contributed by atoms with Crippen molar-refractivity contribution in [1.82, 2.24) is 4.98 Å². The summed E-state index contributed by atoms with van der Waals surface area (Å²) in [6, 6.07) is 21.9. The molecule has 0 aliphatic rings. The number of rotatable bonds is 7. The van der Waals surface area contributed by atoms with Crippen LogP contribution in [0.25, 0.3) is 11.3 Å². The fourth-order valence-corrected chi connectivity index (χ4v) is 4.11. The van der Waals surface area contributed by atoms with Gasteiger partial charge in [-0.05, 0) is 66.2 Å². The number of aromatic nitrogens is 1. The van der Waals surface area contributed by atoms with Gasteiger partial charge in [-0.2, -0.15) is 5.10 Å². The van der Waals surface area contributed by atoms with Crippen molar-refractivity contribution >= 4 is 61.1 Å². The number of carbonyl (C=O) groups is 1. The zero-order valence-electron chi connectivity index (χ0n) is 17.4. The van der Waals surface area contributed by atoms with Gasteiger partial charge in [-0.25, -0.2) is 4.98 Å². The molecule has 1 heterocycles. The minimum absolute atomic E-state index is 0.227. The van der Waals surface area contributed by atoms with Gasteiger partial charge >= 0.3 is 0 Å². The number of hydrazone groups is 1. The van der Waals surface area contributed by atoms with Crippen molar-refractivity contribution in [2.45, 2.75) is 0 Å². The Balaban J connectivity index is 1.57. The molecule has 2 N–H and O–H groups in total. The summed E-state index contributed by atoms with van der Waals surface area (Å²) in [7, 11) is 1.62. The SMILES string of the molecule is COc1ccc(C=NNc2nc(-c3ccc(Cl)cc3)c(NC(=O)c3ccc(Br)cc3)s2)cc1. The van der Waals surface area contributed by atoms with Gasteiger partial charge in [-0.1, -0.05) is 51.0 Å². The van der Waals surface area contributed by atoms with E-state index in [1.807, 2.05) is 48.5 Å². The summed E-state index contributed by atoms with van der Waals surface area (Å²) < 4.78 is 6.07. The van der Waals surface area contributed by atoms with Crippen LogP contribution in [0.4, 0.5) is 10.1 Å². The quantitative estimate of drug-likeness (QED) is 0.196. The Hall–Kier alpha value is -3.20. The second kappa shape index (κ2) is 10.6. The first kappa shape index (κ1) is 23.0. The highest BCUT2D eigenvalue weighted by atomic mass is 79.9. The third kappa shape index (κ3) is 5.98. The predicted molar refractivity (Wildman–Crippen MR) is 139 cm³/mol. The molecule has 33 heavy (non-hydrogen) atoms. The zero-order chi connectivity index (χ0) is 23.2. The number of nitrogens with zero attached hydrogens (tertiary/aromatic N) is 2. The van der Waals surface area contributed by atoms with Crippen molar-refractivity contribution in [2.24, 2.45) is 5.10 Å². The van der Waals surface area contributed by atoms with Crippen molar-refractivity contribution < 1.29 is 9.53 Å². The molecule has 0 aliphatic carbocycles. The lowest BCUT2D eigenvalue weighted by molar-refractivity contribution is 0.102. The van der Waals surface area contributed by atoms with Crippen LogP contribution in [0.1, 0.15) is 15.9 Å². The Morgan fingerprint density at radius 3 is 2.42 bits per heavy atom. The van der Waals surface area contributed by atoms with Gasteiger partial charge in [-0.3, -0.25) is 10.2 Å². The number of hydrogen-bond acceptors (Lipinski definition) is 6. The van der Waals surface area contributed by atoms with E-state index in [0.29, 0.717) is 26.4 Å². The maximum absolute atomic E-state index is 12.8. The summed E-state index contributed by atoms with van der Waals surface area (Å²) in [6.45, 7) is 0. The Labute approximate surface area is 208 Å². The fraction of sp³-hybridized carbons (Fsp3) is 0.0417. The van der Waals surface area contributed by atoms with Crippen molar-refractivity contribution in [2.75, 3.05) is 17.9 Å². The van der Waals surface area contributed by atoms with Crippen LogP contribution in [0.15, 0.2) is 82.4 Å². The molecule has 4 aromatic rings. The van der Waals surface area contributed by atoms with Crippen molar-refractivity contribution in [3.8, 4) is 17.0 Å². The molecule has 166 valence electrons. The average Bonchev–Trinajstić information content (AvgIpc) is 3.22. The van der Waals surface area contributed by atoms with E-state index in [1.165, 1.54) is 11.3 Å². The van der Waals surface area contributed by atoms with Gasteiger partial charge in [0.05, 0.1) is 13.3 Å². The van der Waals surface area contributed by atoms with Gasteiger partial charge in [0.2, 0.25) is 5.13 Å². The van der Waals surface area contributed by atoms with Crippen LogP contribution in [0, 0.1) is 0 Å². The number of amides is 1. The molecule has 4 rings (SSSR count). The van der Waals surface area contributed by atoms with Gasteiger partial charge < -0.3 is 10.1 Å². The van der Waals surface area contributed by atoms with Gasteiger partial charge in [0, 0.05) is 20.6 Å². The second-order valence-electron chi connectivity index (χ2n) is 6.81. The lowest BCUT2D eigenvalue weighted by atomic mass is 10.1. The molecular weight excluding hydrogens is 524 g/mol. The number of nitrogens with one attached hydrogen (secondary N) is 2. The summed E-state index contributed by atoms with van der Waals surface area (Å²) in [5.41, 5.74) is 5.85. The molecule has 0 saturated heterocycles. The molecule has 9 heteroatoms. The van der Waals surface area contributed by atoms with Crippen LogP contribution in [-0.4, -0.2) is 24.2 Å². The molecule has 0 unspecified atom stereocenters. The Bertz CT molecular complexity index is 1270. The maximum atomic E-state index is 12.8. The van der Waals surface area contributed by atoms with E-state index in [0.717, 1.165) is 21.3 Å². The molecule has 0 saturated carbocycles. The number of hydrogen-bond donors (Lipinski definition) is 2. The predicted octanol–water partition coefficient (Wildman–Crippen LogP) is 6.93. The van der Waals surface area contributed by atoms with Crippen molar-refractivity contribution in [3.63, 3.8) is 0 Å². The Morgan fingerprint density at radius 2 is 1.76 bits per heavy atom. The van der Waals surface area contributed by atoms with Gasteiger partial charge in [0.25, 0.3) is 5.91 Å². The van der Waals surface area contributed by atoms with E-state index < -0.39 is 0 Å². The molecule has 3 aromatic carbocycles. The van der Waals surface area contributed by atoms with Crippen LogP contribution in [0.2, 0.25) is 5.02 Å². The molecule has 0 fully saturated rings. The van der Waals surface area contributed by atoms with Crippen LogP contribution < -0.4 is 15.5 Å². The molecule has 0 atom stereocenters. The molecule has 0 bridgehead atoms. The Morgan fingerprint density at radius 1 is 1.06 bits per heavy atom. The molecule has 1 aromatic heterocycles. The van der Waals surface area contributed by atoms with Crippen LogP contribution in [0.5, 0.6) is 5.75 Å². The number of methoxy groups -OCH3 is 1. The highest BCUT2D eigenvalue weighted by Crippen LogP contribution is 2.36. The van der Waals surface area contributed by atoms with E-state index >= 15 is 0 Å². The number of carbonyl (C=O) groups excluding carboxylic acids is 1. The second-order valence-corrected chi connectivity index (χ2v) is 9.16. The topological polar surface area (TPSA) is 75.6 Å². The highest BCUT2D eigenvalue weighted by molar-refractivity contribution is 9.10. The van der Waals surface area contributed by atoms with E-state index in [1.54, 1.807) is 37.6 Å². The van der Waals surface area contributed by atoms with Crippen LogP contribution in [-0.2, 0) is 0 Å².